The van der Waals surface area contributed by atoms with E-state index in [9.17, 15) is 8.78 Å². The van der Waals surface area contributed by atoms with Crippen LogP contribution >= 0.6 is 0 Å². The molecule has 0 spiro atoms. The van der Waals surface area contributed by atoms with Crippen molar-refractivity contribution in [3.63, 3.8) is 0 Å². The molecule has 25 heavy (non-hydrogen) atoms. The van der Waals surface area contributed by atoms with E-state index < -0.39 is 11.6 Å². The Kier molecular flexibility index (Phi) is 4.74. The molecule has 0 radical (unpaired) electrons. The molecule has 5 nitrogen and oxygen atoms in total. The summed E-state index contributed by atoms with van der Waals surface area (Å²) in [5.41, 5.74) is 2.37. The first-order valence-electron chi connectivity index (χ1n) is 7.60. The van der Waals surface area contributed by atoms with Gasteiger partial charge in [-0.05, 0) is 36.4 Å². The summed E-state index contributed by atoms with van der Waals surface area (Å²) in [5, 5.41) is 6.09. The van der Waals surface area contributed by atoms with Crippen LogP contribution in [-0.4, -0.2) is 24.1 Å². The fourth-order valence-corrected chi connectivity index (χ4v) is 2.21. The molecule has 0 fully saturated rings. The van der Waals surface area contributed by atoms with Crippen LogP contribution < -0.4 is 15.5 Å². The second-order valence-electron chi connectivity index (χ2n) is 5.61. The van der Waals surface area contributed by atoms with Crippen molar-refractivity contribution in [3.05, 3.63) is 66.5 Å². The minimum absolute atomic E-state index is 0.402. The predicted octanol–water partition coefficient (Wildman–Crippen LogP) is 4.31. The van der Waals surface area contributed by atoms with Crippen LogP contribution in [0.15, 0.2) is 54.9 Å². The van der Waals surface area contributed by atoms with Crippen LogP contribution in [0.3, 0.4) is 0 Å². The van der Waals surface area contributed by atoms with Crippen LogP contribution in [-0.2, 0) is 0 Å². The SMILES string of the molecule is CN(C)c1ccc(Nc2cc(Nc3ccc(F)c(F)c3)ncn2)cc1. The summed E-state index contributed by atoms with van der Waals surface area (Å²) in [6.07, 6.45) is 1.39. The molecule has 0 bridgehead atoms. The van der Waals surface area contributed by atoms with Crippen molar-refractivity contribution in [3.8, 4) is 0 Å². The zero-order chi connectivity index (χ0) is 17.8. The molecule has 2 aromatic carbocycles. The molecule has 7 heteroatoms. The lowest BCUT2D eigenvalue weighted by atomic mass is 10.2. The molecule has 1 aromatic heterocycles. The molecule has 0 aliphatic carbocycles. The normalized spacial score (nSPS) is 10.4. The highest BCUT2D eigenvalue weighted by Gasteiger charge is 2.05. The maximum Gasteiger partial charge on any atom is 0.160 e. The molecular formula is C18H17F2N5. The van der Waals surface area contributed by atoms with Crippen LogP contribution in [0.5, 0.6) is 0 Å². The quantitative estimate of drug-likeness (QED) is 0.724. The van der Waals surface area contributed by atoms with Gasteiger partial charge in [-0.1, -0.05) is 0 Å². The summed E-state index contributed by atoms with van der Waals surface area (Å²) in [6, 6.07) is 13.1. The third-order valence-corrected chi connectivity index (χ3v) is 3.52. The Morgan fingerprint density at radius 2 is 1.36 bits per heavy atom. The lowest BCUT2D eigenvalue weighted by Crippen LogP contribution is -2.08. The number of benzene rings is 2. The van der Waals surface area contributed by atoms with E-state index in [1.807, 2.05) is 43.3 Å². The number of aromatic nitrogens is 2. The predicted molar refractivity (Wildman–Crippen MR) is 95.7 cm³/mol. The number of nitrogens with one attached hydrogen (secondary N) is 2. The Balaban J connectivity index is 1.73. The van der Waals surface area contributed by atoms with Crippen molar-refractivity contribution < 1.29 is 8.78 Å². The molecule has 0 saturated heterocycles. The largest absolute Gasteiger partial charge is 0.378 e. The summed E-state index contributed by atoms with van der Waals surface area (Å²) in [4.78, 5) is 10.3. The van der Waals surface area contributed by atoms with Gasteiger partial charge in [0.15, 0.2) is 11.6 Å². The fourth-order valence-electron chi connectivity index (χ4n) is 2.21. The molecule has 2 N–H and O–H groups in total. The average molecular weight is 341 g/mol. The van der Waals surface area contributed by atoms with Gasteiger partial charge in [0.05, 0.1) is 0 Å². The van der Waals surface area contributed by atoms with Crippen molar-refractivity contribution >= 4 is 28.7 Å². The second kappa shape index (κ2) is 7.12. The first-order chi connectivity index (χ1) is 12.0. The highest BCUT2D eigenvalue weighted by atomic mass is 19.2. The van der Waals surface area contributed by atoms with Gasteiger partial charge in [-0.3, -0.25) is 0 Å². The van der Waals surface area contributed by atoms with Gasteiger partial charge in [-0.25, -0.2) is 18.7 Å². The molecule has 0 aliphatic heterocycles. The van der Waals surface area contributed by atoms with Crippen molar-refractivity contribution in [2.45, 2.75) is 0 Å². The molecule has 3 aromatic rings. The molecule has 1 heterocycles. The second-order valence-corrected chi connectivity index (χ2v) is 5.61. The molecule has 0 saturated carbocycles. The van der Waals surface area contributed by atoms with Crippen molar-refractivity contribution in [1.82, 2.24) is 9.97 Å². The van der Waals surface area contributed by atoms with Crippen LogP contribution in [0.2, 0.25) is 0 Å². The third-order valence-electron chi connectivity index (χ3n) is 3.52. The van der Waals surface area contributed by atoms with E-state index in [4.69, 9.17) is 0 Å². The van der Waals surface area contributed by atoms with Crippen LogP contribution in [0.4, 0.5) is 37.5 Å². The maximum absolute atomic E-state index is 13.3. The number of halogens is 2. The molecule has 0 aliphatic rings. The topological polar surface area (TPSA) is 53.1 Å². The van der Waals surface area contributed by atoms with E-state index in [1.165, 1.54) is 12.4 Å². The summed E-state index contributed by atoms with van der Waals surface area (Å²) < 4.78 is 26.3. The van der Waals surface area contributed by atoms with E-state index >= 15 is 0 Å². The highest BCUT2D eigenvalue weighted by molar-refractivity contribution is 5.64. The third kappa shape index (κ3) is 4.20. The van der Waals surface area contributed by atoms with E-state index in [2.05, 4.69) is 20.6 Å². The van der Waals surface area contributed by atoms with Crippen molar-refractivity contribution in [2.24, 2.45) is 0 Å². The zero-order valence-electron chi connectivity index (χ0n) is 13.8. The molecule has 0 unspecified atom stereocenters. The minimum Gasteiger partial charge on any atom is -0.378 e. The highest BCUT2D eigenvalue weighted by Crippen LogP contribution is 2.22. The van der Waals surface area contributed by atoms with Crippen LogP contribution in [0.25, 0.3) is 0 Å². The zero-order valence-corrected chi connectivity index (χ0v) is 13.8. The number of nitrogens with zero attached hydrogens (tertiary/aromatic N) is 3. The van der Waals surface area contributed by atoms with Gasteiger partial charge in [0.2, 0.25) is 0 Å². The average Bonchev–Trinajstić information content (AvgIpc) is 2.59. The standard InChI is InChI=1S/C18H17F2N5/c1-25(2)14-6-3-12(4-7-14)23-17-10-18(22-11-21-17)24-13-5-8-15(19)16(20)9-13/h3-11H,1-2H3,(H2,21,22,23,24). The Bertz CT molecular complexity index is 866. The lowest BCUT2D eigenvalue weighted by molar-refractivity contribution is 0.509. The Hall–Kier alpha value is -3.22. The molecule has 0 atom stereocenters. The minimum atomic E-state index is -0.918. The van der Waals surface area contributed by atoms with E-state index in [0.29, 0.717) is 17.3 Å². The van der Waals surface area contributed by atoms with Gasteiger partial charge in [0.1, 0.15) is 18.0 Å². The Labute approximate surface area is 144 Å². The van der Waals surface area contributed by atoms with Crippen molar-refractivity contribution in [1.29, 1.82) is 0 Å². The lowest BCUT2D eigenvalue weighted by Gasteiger charge is -2.13. The van der Waals surface area contributed by atoms with Gasteiger partial charge < -0.3 is 15.5 Å². The summed E-state index contributed by atoms with van der Waals surface area (Å²) in [6.45, 7) is 0. The van der Waals surface area contributed by atoms with Gasteiger partial charge in [0, 0.05) is 43.3 Å². The first-order valence-corrected chi connectivity index (χ1v) is 7.60. The molecule has 3 rings (SSSR count). The van der Waals surface area contributed by atoms with E-state index in [0.717, 1.165) is 23.5 Å². The van der Waals surface area contributed by atoms with Gasteiger partial charge in [-0.15, -0.1) is 0 Å². The molecular weight excluding hydrogens is 324 g/mol. The van der Waals surface area contributed by atoms with E-state index in [-0.39, 0.29) is 0 Å². The number of anilines is 5. The fraction of sp³-hybridized carbons (Fsp3) is 0.111. The van der Waals surface area contributed by atoms with Crippen LogP contribution in [0, 0.1) is 11.6 Å². The summed E-state index contributed by atoms with van der Waals surface area (Å²) in [5.74, 6) is -0.763. The number of hydrogen-bond acceptors (Lipinski definition) is 5. The van der Waals surface area contributed by atoms with Gasteiger partial charge >= 0.3 is 0 Å². The number of hydrogen-bond donors (Lipinski definition) is 2. The van der Waals surface area contributed by atoms with Gasteiger partial charge in [-0.2, -0.15) is 0 Å². The molecule has 128 valence electrons. The monoisotopic (exact) mass is 341 g/mol. The maximum atomic E-state index is 13.3. The van der Waals surface area contributed by atoms with E-state index in [1.54, 1.807) is 6.07 Å². The van der Waals surface area contributed by atoms with Gasteiger partial charge in [0.25, 0.3) is 0 Å². The summed E-state index contributed by atoms with van der Waals surface area (Å²) in [7, 11) is 3.95. The smallest absolute Gasteiger partial charge is 0.160 e. The Morgan fingerprint density at radius 1 is 0.760 bits per heavy atom. The molecule has 0 amide bonds. The number of rotatable bonds is 5. The summed E-state index contributed by atoms with van der Waals surface area (Å²) >= 11 is 0. The van der Waals surface area contributed by atoms with Crippen molar-refractivity contribution in [2.75, 3.05) is 29.6 Å². The van der Waals surface area contributed by atoms with Crippen LogP contribution in [0.1, 0.15) is 0 Å². The Morgan fingerprint density at radius 3 is 1.96 bits per heavy atom. The first kappa shape index (κ1) is 16.6.